The maximum atomic E-state index is 11.5. The van der Waals surface area contributed by atoms with Gasteiger partial charge >= 0.3 is 0 Å². The molecule has 0 aliphatic rings. The van der Waals surface area contributed by atoms with Gasteiger partial charge in [-0.25, -0.2) is 23.4 Å². The van der Waals surface area contributed by atoms with Gasteiger partial charge in [-0.05, 0) is 18.2 Å². The molecule has 0 bridgehead atoms. The molecule has 0 amide bonds. The minimum Gasteiger partial charge on any atom is -0.321 e. The molecule has 12 heteroatoms. The number of hydrogen-bond acceptors (Lipinski definition) is 8. The van der Waals surface area contributed by atoms with E-state index in [2.05, 4.69) is 45.9 Å². The first-order chi connectivity index (χ1) is 14.9. The highest BCUT2D eigenvalue weighted by Gasteiger charge is 2.16. The summed E-state index contributed by atoms with van der Waals surface area (Å²) in [5.74, 6) is 0.445. The maximum absolute atomic E-state index is 11.5. The number of pyridine rings is 3. The molecule has 0 saturated heterocycles. The van der Waals surface area contributed by atoms with Crippen molar-refractivity contribution in [1.29, 1.82) is 5.26 Å². The molecule has 0 aliphatic carbocycles. The van der Waals surface area contributed by atoms with E-state index in [-0.39, 0.29) is 0 Å². The first kappa shape index (κ1) is 18.6. The number of nitriles is 1. The van der Waals surface area contributed by atoms with Crippen LogP contribution in [-0.4, -0.2) is 49.8 Å². The van der Waals surface area contributed by atoms with Crippen molar-refractivity contribution >= 4 is 37.9 Å². The summed E-state index contributed by atoms with van der Waals surface area (Å²) < 4.78 is 25.4. The monoisotopic (exact) mass is 431 g/mol. The largest absolute Gasteiger partial charge is 0.321 e. The highest BCUT2D eigenvalue weighted by atomic mass is 32.2. The van der Waals surface area contributed by atoms with Crippen molar-refractivity contribution in [3.63, 3.8) is 0 Å². The van der Waals surface area contributed by atoms with Gasteiger partial charge in [0, 0.05) is 29.7 Å². The summed E-state index contributed by atoms with van der Waals surface area (Å²) in [6.07, 6.45) is 7.29. The first-order valence-electron chi connectivity index (χ1n) is 8.94. The van der Waals surface area contributed by atoms with Crippen LogP contribution in [0.2, 0.25) is 0 Å². The standard InChI is InChI=1S/C19H13N9O2S/c1-31(29,30)28-13-4-11(7-21-9-13)12-5-14-16(26-27-17(14)23-8-12)19-24-15-10(6-20)2-3-22-18(15)25-19/h2-5,7-9,28H,1H3,(H,22,24,25)(H,23,26,27). The smallest absolute Gasteiger partial charge is 0.229 e. The van der Waals surface area contributed by atoms with Crippen LogP contribution in [0.5, 0.6) is 0 Å². The lowest BCUT2D eigenvalue weighted by Crippen LogP contribution is -2.09. The fourth-order valence-electron chi connectivity index (χ4n) is 3.22. The highest BCUT2D eigenvalue weighted by Crippen LogP contribution is 2.29. The van der Waals surface area contributed by atoms with Crippen molar-refractivity contribution in [3.05, 3.63) is 48.5 Å². The fourth-order valence-corrected chi connectivity index (χ4v) is 3.76. The molecule has 11 nitrogen and oxygen atoms in total. The van der Waals surface area contributed by atoms with E-state index >= 15 is 0 Å². The molecule has 0 radical (unpaired) electrons. The number of nitrogens with one attached hydrogen (secondary N) is 3. The van der Waals surface area contributed by atoms with Crippen LogP contribution in [0.4, 0.5) is 5.69 Å². The van der Waals surface area contributed by atoms with E-state index in [1.54, 1.807) is 24.5 Å². The minimum atomic E-state index is -3.43. The quantitative estimate of drug-likeness (QED) is 0.389. The van der Waals surface area contributed by atoms with Crippen LogP contribution >= 0.6 is 0 Å². The van der Waals surface area contributed by atoms with E-state index in [1.807, 2.05) is 6.07 Å². The lowest BCUT2D eigenvalue weighted by molar-refractivity contribution is 0.607. The second-order valence-corrected chi connectivity index (χ2v) is 8.53. The molecular formula is C19H13N9O2S. The molecule has 0 saturated carbocycles. The number of fused-ring (bicyclic) bond motifs is 2. The second-order valence-electron chi connectivity index (χ2n) is 6.78. The predicted octanol–water partition coefficient (Wildman–Crippen LogP) is 2.20. The van der Waals surface area contributed by atoms with Gasteiger partial charge < -0.3 is 4.98 Å². The Bertz CT molecular complexity index is 1610. The Kier molecular flexibility index (Phi) is 4.12. The number of H-pyrrole nitrogens is 2. The van der Waals surface area contributed by atoms with Crippen LogP contribution in [0.25, 0.3) is 44.8 Å². The summed E-state index contributed by atoms with van der Waals surface area (Å²) in [5, 5.41) is 17.2. The Morgan fingerprint density at radius 2 is 1.94 bits per heavy atom. The third-order valence-corrected chi connectivity index (χ3v) is 5.13. The lowest BCUT2D eigenvalue weighted by atomic mass is 10.1. The SMILES string of the molecule is CS(=O)(=O)Nc1cncc(-c2cnc3[nH]nc(-c4nc5c(C#N)ccnc5[nH]4)c3c2)c1. The Morgan fingerprint density at radius 1 is 1.10 bits per heavy atom. The average molecular weight is 431 g/mol. The third kappa shape index (κ3) is 3.43. The van der Waals surface area contributed by atoms with Crippen molar-refractivity contribution in [2.45, 2.75) is 0 Å². The van der Waals surface area contributed by atoms with Crippen molar-refractivity contribution < 1.29 is 8.42 Å². The van der Waals surface area contributed by atoms with Crippen LogP contribution in [0, 0.1) is 11.3 Å². The van der Waals surface area contributed by atoms with Gasteiger partial charge in [0.2, 0.25) is 10.0 Å². The number of aromatic amines is 2. The molecule has 0 spiro atoms. The van der Waals surface area contributed by atoms with Crippen molar-refractivity contribution in [1.82, 2.24) is 35.1 Å². The van der Waals surface area contributed by atoms with E-state index < -0.39 is 10.0 Å². The van der Waals surface area contributed by atoms with Crippen LogP contribution in [0.1, 0.15) is 5.56 Å². The fraction of sp³-hybridized carbons (Fsp3) is 0.0526. The molecule has 5 aromatic rings. The zero-order valence-corrected chi connectivity index (χ0v) is 16.8. The average Bonchev–Trinajstić information content (AvgIpc) is 3.35. The Hall–Kier alpha value is -4.37. The lowest BCUT2D eigenvalue weighted by Gasteiger charge is -2.06. The maximum Gasteiger partial charge on any atom is 0.229 e. The van der Waals surface area contributed by atoms with E-state index in [0.717, 1.165) is 6.26 Å². The molecule has 5 heterocycles. The van der Waals surface area contributed by atoms with Gasteiger partial charge in [-0.15, -0.1) is 0 Å². The number of aromatic nitrogens is 7. The molecule has 3 N–H and O–H groups in total. The molecule has 0 unspecified atom stereocenters. The minimum absolute atomic E-state index is 0.347. The number of imidazole rings is 1. The van der Waals surface area contributed by atoms with Gasteiger partial charge in [-0.1, -0.05) is 0 Å². The van der Waals surface area contributed by atoms with Crippen molar-refractivity contribution in [2.75, 3.05) is 11.0 Å². The summed E-state index contributed by atoms with van der Waals surface area (Å²) in [6.45, 7) is 0. The van der Waals surface area contributed by atoms with Gasteiger partial charge in [0.1, 0.15) is 17.3 Å². The van der Waals surface area contributed by atoms with Crippen molar-refractivity contribution in [2.24, 2.45) is 0 Å². The summed E-state index contributed by atoms with van der Waals surface area (Å²) in [6, 6.07) is 7.22. The van der Waals surface area contributed by atoms with Gasteiger partial charge in [-0.2, -0.15) is 10.4 Å². The predicted molar refractivity (Wildman–Crippen MR) is 113 cm³/mol. The van der Waals surface area contributed by atoms with E-state index in [4.69, 9.17) is 0 Å². The van der Waals surface area contributed by atoms with E-state index in [0.29, 0.717) is 56.1 Å². The molecule has 0 aromatic carbocycles. The van der Waals surface area contributed by atoms with Crippen LogP contribution < -0.4 is 4.72 Å². The van der Waals surface area contributed by atoms with Gasteiger partial charge in [0.15, 0.2) is 17.1 Å². The highest BCUT2D eigenvalue weighted by molar-refractivity contribution is 7.92. The van der Waals surface area contributed by atoms with Gasteiger partial charge in [-0.3, -0.25) is 14.8 Å². The zero-order chi connectivity index (χ0) is 21.6. The van der Waals surface area contributed by atoms with Crippen molar-refractivity contribution in [3.8, 4) is 28.7 Å². The molecule has 152 valence electrons. The third-order valence-electron chi connectivity index (χ3n) is 4.52. The number of hydrogen-bond donors (Lipinski definition) is 3. The van der Waals surface area contributed by atoms with Crippen LogP contribution in [-0.2, 0) is 10.0 Å². The molecule has 0 fully saturated rings. The molecule has 5 rings (SSSR count). The topological polar surface area (TPSA) is 166 Å². The van der Waals surface area contributed by atoms with Crippen LogP contribution in [0.3, 0.4) is 0 Å². The van der Waals surface area contributed by atoms with Gasteiger partial charge in [0.05, 0.1) is 29.1 Å². The van der Waals surface area contributed by atoms with Gasteiger partial charge in [0.25, 0.3) is 0 Å². The number of nitrogens with zero attached hydrogens (tertiary/aromatic N) is 6. The van der Waals surface area contributed by atoms with E-state index in [1.165, 1.54) is 12.4 Å². The first-order valence-corrected chi connectivity index (χ1v) is 10.8. The van der Waals surface area contributed by atoms with Crippen LogP contribution in [0.15, 0.2) is 43.0 Å². The number of sulfonamides is 1. The normalized spacial score (nSPS) is 11.6. The summed E-state index contributed by atoms with van der Waals surface area (Å²) in [5.41, 5.74) is 4.16. The Balaban J connectivity index is 1.62. The molecule has 0 atom stereocenters. The molecule has 0 aliphatic heterocycles. The molecule has 5 aromatic heterocycles. The summed E-state index contributed by atoms with van der Waals surface area (Å²) >= 11 is 0. The van der Waals surface area contributed by atoms with E-state index in [9.17, 15) is 13.7 Å². The number of rotatable bonds is 4. The summed E-state index contributed by atoms with van der Waals surface area (Å²) in [7, 11) is -3.43. The Morgan fingerprint density at radius 3 is 2.74 bits per heavy atom. The second kappa shape index (κ2) is 6.85. The number of anilines is 1. The summed E-state index contributed by atoms with van der Waals surface area (Å²) in [4.78, 5) is 20.3. The molecule has 31 heavy (non-hydrogen) atoms. The zero-order valence-electron chi connectivity index (χ0n) is 15.9. The molecular weight excluding hydrogens is 418 g/mol. The Labute approximate surface area is 175 Å².